The van der Waals surface area contributed by atoms with E-state index in [-0.39, 0.29) is 11.6 Å². The number of aromatic nitrogens is 2. The number of thioether (sulfide) groups is 1. The van der Waals surface area contributed by atoms with Crippen LogP contribution in [0.5, 0.6) is 5.75 Å². The molecule has 9 heteroatoms. The number of pyridine rings is 1. The van der Waals surface area contributed by atoms with Crippen LogP contribution in [0.25, 0.3) is 5.65 Å². The fourth-order valence-corrected chi connectivity index (χ4v) is 4.19. The zero-order valence-electron chi connectivity index (χ0n) is 17.7. The van der Waals surface area contributed by atoms with Crippen LogP contribution in [0.1, 0.15) is 12.6 Å². The molecular formula is C24H21ClN4O3S. The lowest BCUT2D eigenvalue weighted by Gasteiger charge is -2.12. The predicted molar refractivity (Wildman–Crippen MR) is 133 cm³/mol. The van der Waals surface area contributed by atoms with Crippen molar-refractivity contribution in [2.24, 2.45) is 0 Å². The molecule has 2 heterocycles. The summed E-state index contributed by atoms with van der Waals surface area (Å²) >= 11 is 7.44. The molecule has 0 spiro atoms. The van der Waals surface area contributed by atoms with Crippen LogP contribution in [0.15, 0.2) is 82.6 Å². The van der Waals surface area contributed by atoms with E-state index < -0.39 is 0 Å². The number of para-hydroxylation sites is 1. The van der Waals surface area contributed by atoms with Gasteiger partial charge in [0.15, 0.2) is 0 Å². The average Bonchev–Trinajstić information content (AvgIpc) is 2.80. The minimum atomic E-state index is -0.355. The molecule has 0 aliphatic carbocycles. The number of hydrogen-bond acceptors (Lipinski definition) is 5. The second kappa shape index (κ2) is 10.4. The molecule has 2 N–H and O–H groups in total. The first kappa shape index (κ1) is 22.7. The summed E-state index contributed by atoms with van der Waals surface area (Å²) in [5, 5.41) is 6.16. The van der Waals surface area contributed by atoms with E-state index in [0.717, 1.165) is 10.6 Å². The molecule has 0 radical (unpaired) electrons. The molecule has 2 aromatic heterocycles. The monoisotopic (exact) mass is 480 g/mol. The van der Waals surface area contributed by atoms with Crippen LogP contribution in [-0.2, 0) is 5.75 Å². The Labute approximate surface area is 199 Å². The Hall–Kier alpha value is -3.49. The van der Waals surface area contributed by atoms with E-state index in [4.69, 9.17) is 16.3 Å². The molecule has 0 atom stereocenters. The molecule has 4 aromatic rings. The maximum atomic E-state index is 12.5. The van der Waals surface area contributed by atoms with Gasteiger partial charge in [-0.3, -0.25) is 9.20 Å². The number of urea groups is 1. The van der Waals surface area contributed by atoms with Crippen molar-refractivity contribution in [1.82, 2.24) is 9.38 Å². The van der Waals surface area contributed by atoms with Crippen LogP contribution in [0.4, 0.5) is 16.2 Å². The number of hydrogen-bond donors (Lipinski definition) is 2. The summed E-state index contributed by atoms with van der Waals surface area (Å²) in [6, 6.07) is 19.2. The number of carbonyl (C=O) groups excluding carboxylic acids is 1. The molecule has 0 aliphatic heterocycles. The van der Waals surface area contributed by atoms with E-state index in [1.165, 1.54) is 22.2 Å². The first-order chi connectivity index (χ1) is 16.0. The molecule has 0 unspecified atom stereocenters. The van der Waals surface area contributed by atoms with Crippen LogP contribution in [-0.4, -0.2) is 22.0 Å². The second-order valence-corrected chi connectivity index (χ2v) is 8.44. The van der Waals surface area contributed by atoms with Crippen molar-refractivity contribution in [3.63, 3.8) is 0 Å². The summed E-state index contributed by atoms with van der Waals surface area (Å²) in [5.41, 5.74) is 2.29. The zero-order chi connectivity index (χ0) is 23.2. The fraction of sp³-hybridized carbons (Fsp3) is 0.125. The van der Waals surface area contributed by atoms with E-state index in [2.05, 4.69) is 15.6 Å². The third-order valence-corrected chi connectivity index (χ3v) is 5.94. The minimum Gasteiger partial charge on any atom is -0.494 e. The van der Waals surface area contributed by atoms with Gasteiger partial charge >= 0.3 is 6.03 Å². The molecule has 2 amide bonds. The number of nitrogens with zero attached hydrogens (tertiary/aromatic N) is 2. The van der Waals surface area contributed by atoms with E-state index >= 15 is 0 Å². The highest BCUT2D eigenvalue weighted by Gasteiger charge is 2.10. The van der Waals surface area contributed by atoms with E-state index in [0.29, 0.717) is 40.1 Å². The van der Waals surface area contributed by atoms with Crippen LogP contribution in [0, 0.1) is 0 Å². The largest absolute Gasteiger partial charge is 0.494 e. The molecule has 0 fully saturated rings. The molecule has 33 heavy (non-hydrogen) atoms. The first-order valence-electron chi connectivity index (χ1n) is 10.2. The van der Waals surface area contributed by atoms with Gasteiger partial charge in [-0.25, -0.2) is 9.78 Å². The number of nitrogens with one attached hydrogen (secondary N) is 2. The lowest BCUT2D eigenvalue weighted by molar-refractivity contribution is 0.262. The Balaban J connectivity index is 1.43. The third kappa shape index (κ3) is 5.85. The highest BCUT2D eigenvalue weighted by molar-refractivity contribution is 7.98. The Kier molecular flexibility index (Phi) is 7.16. The number of ether oxygens (including phenoxy) is 1. The summed E-state index contributed by atoms with van der Waals surface area (Å²) in [5.74, 6) is 1.21. The maximum absolute atomic E-state index is 12.5. The lowest BCUT2D eigenvalue weighted by Crippen LogP contribution is -2.19. The predicted octanol–water partition coefficient (Wildman–Crippen LogP) is 5.68. The van der Waals surface area contributed by atoms with Gasteiger partial charge in [0.05, 0.1) is 23.0 Å². The zero-order valence-corrected chi connectivity index (χ0v) is 19.3. The number of anilines is 2. The van der Waals surface area contributed by atoms with Gasteiger partial charge in [-0.2, -0.15) is 0 Å². The van der Waals surface area contributed by atoms with E-state index in [1.54, 1.807) is 42.6 Å². The van der Waals surface area contributed by atoms with Gasteiger partial charge in [0.2, 0.25) is 0 Å². The van der Waals surface area contributed by atoms with Gasteiger partial charge in [0.25, 0.3) is 5.56 Å². The van der Waals surface area contributed by atoms with Crippen molar-refractivity contribution in [1.29, 1.82) is 0 Å². The van der Waals surface area contributed by atoms with Gasteiger partial charge in [-0.1, -0.05) is 23.7 Å². The van der Waals surface area contributed by atoms with Crippen LogP contribution in [0.2, 0.25) is 5.02 Å². The van der Waals surface area contributed by atoms with Crippen LogP contribution < -0.4 is 20.9 Å². The van der Waals surface area contributed by atoms with Crippen molar-refractivity contribution in [2.75, 3.05) is 17.2 Å². The van der Waals surface area contributed by atoms with Gasteiger partial charge < -0.3 is 15.4 Å². The number of carbonyl (C=O) groups is 1. The normalized spacial score (nSPS) is 10.7. The van der Waals surface area contributed by atoms with E-state index in [1.807, 2.05) is 31.2 Å². The van der Waals surface area contributed by atoms with Gasteiger partial charge in [-0.05, 0) is 55.5 Å². The topological polar surface area (TPSA) is 84.7 Å². The molecule has 7 nitrogen and oxygen atoms in total. The minimum absolute atomic E-state index is 0.195. The lowest BCUT2D eigenvalue weighted by atomic mass is 10.3. The molecule has 0 saturated carbocycles. The first-order valence-corrected chi connectivity index (χ1v) is 11.6. The number of fused-ring (bicyclic) bond motifs is 1. The standard InChI is InChI=1S/C24H21ClN4O3S/c1-2-32-19-10-8-17(9-11-19)27-24(31)28-20-5-3-4-6-21(20)33-15-18-13-23(30)29-14-16(25)7-12-22(29)26-18/h3-14H,2,15H2,1H3,(H2,27,28,31). The fourth-order valence-electron chi connectivity index (χ4n) is 3.13. The van der Waals surface area contributed by atoms with Crippen LogP contribution in [0.3, 0.4) is 0 Å². The molecule has 168 valence electrons. The SMILES string of the molecule is CCOc1ccc(NC(=O)Nc2ccccc2SCc2cc(=O)n3cc(Cl)ccc3n2)cc1. The van der Waals surface area contributed by atoms with Gasteiger partial charge in [0.1, 0.15) is 11.4 Å². The van der Waals surface area contributed by atoms with Gasteiger partial charge in [-0.15, -0.1) is 11.8 Å². The van der Waals surface area contributed by atoms with Crippen molar-refractivity contribution in [3.05, 3.63) is 94.0 Å². The number of rotatable bonds is 7. The van der Waals surface area contributed by atoms with Crippen LogP contribution >= 0.6 is 23.4 Å². The molecular weight excluding hydrogens is 460 g/mol. The number of amides is 2. The Morgan fingerprint density at radius 2 is 1.88 bits per heavy atom. The molecule has 4 rings (SSSR count). The van der Waals surface area contributed by atoms with Gasteiger partial charge in [0, 0.05) is 28.6 Å². The Bertz CT molecular complexity index is 1340. The summed E-state index contributed by atoms with van der Waals surface area (Å²) in [6.45, 7) is 2.50. The summed E-state index contributed by atoms with van der Waals surface area (Å²) in [6.07, 6.45) is 1.55. The highest BCUT2D eigenvalue weighted by Crippen LogP contribution is 2.29. The quantitative estimate of drug-likeness (QED) is 0.332. The van der Waals surface area contributed by atoms with Crippen molar-refractivity contribution >= 4 is 46.4 Å². The second-order valence-electron chi connectivity index (χ2n) is 6.98. The number of benzene rings is 2. The summed E-state index contributed by atoms with van der Waals surface area (Å²) in [7, 11) is 0. The van der Waals surface area contributed by atoms with E-state index in [9.17, 15) is 9.59 Å². The third-order valence-electron chi connectivity index (χ3n) is 4.61. The highest BCUT2D eigenvalue weighted by atomic mass is 35.5. The molecule has 0 aliphatic rings. The Morgan fingerprint density at radius 1 is 1.09 bits per heavy atom. The smallest absolute Gasteiger partial charge is 0.323 e. The molecule has 0 bridgehead atoms. The van der Waals surface area contributed by atoms with Crippen molar-refractivity contribution in [3.8, 4) is 5.75 Å². The van der Waals surface area contributed by atoms with Crippen molar-refractivity contribution in [2.45, 2.75) is 17.6 Å². The number of halogens is 1. The van der Waals surface area contributed by atoms with Crippen molar-refractivity contribution < 1.29 is 9.53 Å². The maximum Gasteiger partial charge on any atom is 0.323 e. The average molecular weight is 481 g/mol. The summed E-state index contributed by atoms with van der Waals surface area (Å²) in [4.78, 5) is 30.3. The molecule has 2 aromatic carbocycles. The molecule has 0 saturated heterocycles. The summed E-state index contributed by atoms with van der Waals surface area (Å²) < 4.78 is 6.83. The Morgan fingerprint density at radius 3 is 2.67 bits per heavy atom.